The summed E-state index contributed by atoms with van der Waals surface area (Å²) in [6.07, 6.45) is 0.0227. The van der Waals surface area contributed by atoms with Crippen molar-refractivity contribution in [2.75, 3.05) is 11.5 Å². The lowest BCUT2D eigenvalue weighted by Crippen LogP contribution is -2.38. The molecule has 470 valence electrons. The van der Waals surface area contributed by atoms with E-state index in [0.29, 0.717) is 32.8 Å². The molecule has 13 rings (SSSR count). The third-order valence-corrected chi connectivity index (χ3v) is 25.9. The van der Waals surface area contributed by atoms with E-state index in [1.165, 1.54) is 42.4 Å². The molecule has 0 aliphatic heterocycles. The van der Waals surface area contributed by atoms with Crippen LogP contribution in [0.5, 0.6) is 0 Å². The lowest BCUT2D eigenvalue weighted by atomic mass is 10.0. The van der Waals surface area contributed by atoms with E-state index in [1.54, 1.807) is 69.8 Å². The zero-order chi connectivity index (χ0) is 61.1. The predicted molar refractivity (Wildman–Crippen MR) is 380 cm³/mol. The first-order chi connectivity index (χ1) is 42.8. The molecule has 0 aliphatic rings. The van der Waals surface area contributed by atoms with E-state index >= 15 is 0 Å². The van der Waals surface area contributed by atoms with Crippen LogP contribution in [-0.4, -0.2) is 68.5 Å². The van der Waals surface area contributed by atoms with E-state index in [2.05, 4.69) is 243 Å². The SMILES string of the molecule is O.O.O.O.O=c1c2ccccc2n(CCCS(=O)(=O)[O-])c2cc3c(=O)c4ccccc4n(CCCS(=O)(=O)[O-])c3cc12.c1ccc([P+](c2ccccc2)(c2ccccc2)c2ccccc2)cc1.c1ccc([P+](c2ccccc2)(c2ccccc2)c2ccccc2)cc1. The predicted octanol–water partition coefficient (Wildman–Crippen LogP) is 7.81. The van der Waals surface area contributed by atoms with Crippen molar-refractivity contribution >= 4 is 121 Å². The van der Waals surface area contributed by atoms with E-state index in [9.17, 15) is 35.5 Å². The quantitative estimate of drug-likeness (QED) is 0.0521. The first-order valence-corrected chi connectivity index (χ1v) is 35.6. The topological polar surface area (TPSA) is 284 Å². The molecule has 0 saturated heterocycles. The summed E-state index contributed by atoms with van der Waals surface area (Å²) in [5.74, 6) is -1.16. The van der Waals surface area contributed by atoms with Gasteiger partial charge in [-0.25, -0.2) is 16.8 Å². The van der Waals surface area contributed by atoms with Gasteiger partial charge in [-0.3, -0.25) is 9.59 Å². The van der Waals surface area contributed by atoms with E-state index < -0.39 is 46.3 Å². The number of para-hydroxylation sites is 2. The molecule has 2 heterocycles. The fourth-order valence-corrected chi connectivity index (χ4v) is 21.5. The second kappa shape index (κ2) is 31.3. The normalized spacial score (nSPS) is 11.3. The monoisotopic (exact) mass is 1300 g/mol. The van der Waals surface area contributed by atoms with Crippen molar-refractivity contribution < 1.29 is 47.8 Å². The molecular formula is C74H70N2O12P2S2. The summed E-state index contributed by atoms with van der Waals surface area (Å²) < 4.78 is 70.8. The third kappa shape index (κ3) is 14.8. The fraction of sp³-hybridized carbons (Fsp3) is 0.0811. The molecule has 0 bridgehead atoms. The van der Waals surface area contributed by atoms with Crippen LogP contribution in [0.15, 0.2) is 313 Å². The van der Waals surface area contributed by atoms with Crippen molar-refractivity contribution in [2.45, 2.75) is 25.9 Å². The molecule has 0 radical (unpaired) electrons. The molecule has 0 spiro atoms. The van der Waals surface area contributed by atoms with Crippen molar-refractivity contribution in [1.29, 1.82) is 0 Å². The lowest BCUT2D eigenvalue weighted by molar-refractivity contribution is 0.457. The second-order valence-corrected chi connectivity index (χ2v) is 31.0. The number of aromatic nitrogens is 2. The zero-order valence-electron chi connectivity index (χ0n) is 50.0. The maximum Gasteiger partial charge on any atom is 0.197 e. The van der Waals surface area contributed by atoms with Crippen molar-refractivity contribution in [2.24, 2.45) is 0 Å². The first-order valence-electron chi connectivity index (χ1n) is 28.9. The van der Waals surface area contributed by atoms with Gasteiger partial charge in [0, 0.05) is 46.1 Å². The number of rotatable bonds is 16. The van der Waals surface area contributed by atoms with Gasteiger partial charge in [0.15, 0.2) is 10.9 Å². The number of fused-ring (bicyclic) bond motifs is 4. The van der Waals surface area contributed by atoms with Crippen LogP contribution in [0.1, 0.15) is 12.8 Å². The van der Waals surface area contributed by atoms with Crippen molar-refractivity contribution in [3.05, 3.63) is 324 Å². The Morgan fingerprint density at radius 2 is 0.467 bits per heavy atom. The van der Waals surface area contributed by atoms with Gasteiger partial charge in [0.05, 0.1) is 42.3 Å². The molecule has 0 aliphatic carbocycles. The van der Waals surface area contributed by atoms with Crippen LogP contribution in [0.4, 0.5) is 0 Å². The van der Waals surface area contributed by atoms with Gasteiger partial charge >= 0.3 is 0 Å². The second-order valence-electron chi connectivity index (χ2n) is 21.1. The molecular weight excluding hydrogens is 1230 g/mol. The smallest absolute Gasteiger partial charge is 0.197 e. The Morgan fingerprint density at radius 1 is 0.272 bits per heavy atom. The van der Waals surface area contributed by atoms with Crippen LogP contribution in [0, 0.1) is 0 Å². The molecule has 14 nitrogen and oxygen atoms in total. The standard InChI is InChI=1S/C26H24N2O8S2.2C24H20P.4H2O/c29-25-17-7-1-3-9-21(17)27(11-5-13-37(31,32)33)23-16-20-24(15-19(23)25)28(12-6-14-38(34,35)36)22-10-4-2-8-18(22)26(20)30;2*1-5-13-21(14-6-1)25(22-15-7-2-8-16-22,23-17-9-3-10-18-23)24-19-11-4-12-20-24;;;;/h1-4,7-10,15-16H,5-6,11-14H2,(H,31,32,33)(H,34,35,36);2*1-20H;4*1H2/q;2*+1;;;;/p-2. The van der Waals surface area contributed by atoms with Gasteiger partial charge in [-0.15, -0.1) is 0 Å². The maximum atomic E-state index is 13.6. The molecule has 8 N–H and O–H groups in total. The number of nitrogens with zero attached hydrogens (tertiary/aromatic N) is 2. The van der Waals surface area contributed by atoms with Crippen LogP contribution in [0.2, 0.25) is 0 Å². The summed E-state index contributed by atoms with van der Waals surface area (Å²) in [4.78, 5) is 27.1. The van der Waals surface area contributed by atoms with E-state index in [0.717, 1.165) is 0 Å². The molecule has 0 saturated carbocycles. The highest BCUT2D eigenvalue weighted by Gasteiger charge is 2.48. The van der Waals surface area contributed by atoms with E-state index in [1.807, 2.05) is 0 Å². The van der Waals surface area contributed by atoms with Crippen LogP contribution < -0.4 is 53.3 Å². The molecule has 92 heavy (non-hydrogen) atoms. The van der Waals surface area contributed by atoms with E-state index in [4.69, 9.17) is 0 Å². The molecule has 11 aromatic carbocycles. The molecule has 0 amide bonds. The highest BCUT2D eigenvalue weighted by Crippen LogP contribution is 2.55. The minimum atomic E-state index is -4.44. The highest BCUT2D eigenvalue weighted by atomic mass is 32.2. The van der Waals surface area contributed by atoms with Gasteiger partial charge < -0.3 is 40.1 Å². The van der Waals surface area contributed by atoms with Gasteiger partial charge in [0.2, 0.25) is 0 Å². The van der Waals surface area contributed by atoms with Crippen molar-refractivity contribution in [1.82, 2.24) is 9.13 Å². The Balaban J connectivity index is 0.000000198. The molecule has 13 aromatic rings. The Bertz CT molecular complexity index is 4250. The summed E-state index contributed by atoms with van der Waals surface area (Å²) in [5.41, 5.74) is 1.30. The number of pyridine rings is 2. The first kappa shape index (κ1) is 70.3. The Hall–Kier alpha value is -9.12. The number of hydrogen-bond donors (Lipinski definition) is 0. The zero-order valence-corrected chi connectivity index (χ0v) is 53.4. The highest BCUT2D eigenvalue weighted by molar-refractivity contribution is 8.02. The van der Waals surface area contributed by atoms with E-state index in [-0.39, 0.29) is 69.5 Å². The summed E-state index contributed by atoms with van der Waals surface area (Å²) in [6, 6.07) is 104. The number of benzene rings is 11. The van der Waals surface area contributed by atoms with Crippen molar-refractivity contribution in [3.8, 4) is 0 Å². The van der Waals surface area contributed by atoms with Gasteiger partial charge in [-0.1, -0.05) is 170 Å². The Morgan fingerprint density at radius 3 is 0.674 bits per heavy atom. The maximum absolute atomic E-state index is 13.6. The summed E-state index contributed by atoms with van der Waals surface area (Å²) >= 11 is 0. The molecule has 0 fully saturated rings. The fourth-order valence-electron chi connectivity index (χ4n) is 12.0. The van der Waals surface area contributed by atoms with Gasteiger partial charge in [-0.05, 0) is 146 Å². The number of aryl methyl sites for hydroxylation is 2. The van der Waals surface area contributed by atoms with Gasteiger partial charge in [0.1, 0.15) is 57.0 Å². The summed E-state index contributed by atoms with van der Waals surface area (Å²) in [5, 5.41) is 12.4. The molecule has 0 atom stereocenters. The Kier molecular flexibility index (Phi) is 23.9. The lowest BCUT2D eigenvalue weighted by Gasteiger charge is -2.27. The van der Waals surface area contributed by atoms with Gasteiger partial charge in [-0.2, -0.15) is 0 Å². The third-order valence-electron chi connectivity index (χ3n) is 15.8. The van der Waals surface area contributed by atoms with Crippen LogP contribution in [-0.2, 0) is 33.3 Å². The summed E-state index contributed by atoms with van der Waals surface area (Å²) in [7, 11) is -12.7. The van der Waals surface area contributed by atoms with Crippen LogP contribution in [0.25, 0.3) is 43.6 Å². The summed E-state index contributed by atoms with van der Waals surface area (Å²) in [6.45, 7) is 0.237. The van der Waals surface area contributed by atoms with Crippen LogP contribution >= 0.6 is 14.5 Å². The Labute approximate surface area is 535 Å². The minimum Gasteiger partial charge on any atom is -0.748 e. The molecule has 0 unspecified atom stereocenters. The molecule has 18 heteroatoms. The largest absolute Gasteiger partial charge is 0.748 e. The minimum absolute atomic E-state index is 0. The van der Waals surface area contributed by atoms with Gasteiger partial charge in [0.25, 0.3) is 0 Å². The molecule has 2 aromatic heterocycles. The van der Waals surface area contributed by atoms with Crippen LogP contribution in [0.3, 0.4) is 0 Å². The number of hydrogen-bond acceptors (Lipinski definition) is 8. The average molecular weight is 1310 g/mol. The average Bonchev–Trinajstić information content (AvgIpc) is 0.749. The van der Waals surface area contributed by atoms with Crippen molar-refractivity contribution in [3.63, 3.8) is 0 Å².